The van der Waals surface area contributed by atoms with Gasteiger partial charge in [-0.1, -0.05) is 0 Å². The van der Waals surface area contributed by atoms with Crippen molar-refractivity contribution in [3.05, 3.63) is 50.8 Å². The zero-order chi connectivity index (χ0) is 16.6. The molecule has 0 radical (unpaired) electrons. The highest BCUT2D eigenvalue weighted by Gasteiger charge is 2.20. The van der Waals surface area contributed by atoms with E-state index in [9.17, 15) is 14.4 Å². The number of esters is 1. The number of aromatic nitrogens is 2. The highest BCUT2D eigenvalue weighted by molar-refractivity contribution is 7.20. The first-order valence-corrected chi connectivity index (χ1v) is 7.50. The molecule has 118 valence electrons. The van der Waals surface area contributed by atoms with E-state index in [4.69, 9.17) is 9.15 Å². The van der Waals surface area contributed by atoms with Crippen LogP contribution in [0.2, 0.25) is 0 Å². The van der Waals surface area contributed by atoms with Gasteiger partial charge in [0, 0.05) is 0 Å². The van der Waals surface area contributed by atoms with Crippen molar-refractivity contribution in [2.45, 2.75) is 13.3 Å². The molecule has 3 aromatic heterocycles. The molecule has 0 aromatic carbocycles. The molecule has 3 rings (SSSR count). The Kier molecular flexibility index (Phi) is 3.83. The van der Waals surface area contributed by atoms with E-state index in [1.807, 2.05) is 0 Å². The number of nitrogens with one attached hydrogen (secondary N) is 1. The van der Waals surface area contributed by atoms with Crippen LogP contribution in [-0.2, 0) is 11.2 Å². The van der Waals surface area contributed by atoms with Gasteiger partial charge in [-0.05, 0) is 24.6 Å². The first-order valence-electron chi connectivity index (χ1n) is 6.68. The summed E-state index contributed by atoms with van der Waals surface area (Å²) < 4.78 is 9.72. The van der Waals surface area contributed by atoms with Crippen molar-refractivity contribution in [2.24, 2.45) is 0 Å². The third-order valence-electron chi connectivity index (χ3n) is 3.34. The highest BCUT2D eigenvalue weighted by atomic mass is 32.1. The van der Waals surface area contributed by atoms with E-state index in [1.165, 1.54) is 13.4 Å². The van der Waals surface area contributed by atoms with Crippen molar-refractivity contribution in [3.63, 3.8) is 0 Å². The summed E-state index contributed by atoms with van der Waals surface area (Å²) in [6.07, 6.45) is 1.31. The Balaban J connectivity index is 2.03. The number of H-pyrrole nitrogens is 1. The number of fused-ring (bicyclic) bond motifs is 1. The van der Waals surface area contributed by atoms with Crippen LogP contribution in [-0.4, -0.2) is 28.8 Å². The number of aromatic amines is 1. The quantitative estimate of drug-likeness (QED) is 0.580. The number of Topliss-reactive ketones (excluding diaryl/α,β-unsaturated/α-hetero) is 1. The predicted octanol–water partition coefficient (Wildman–Crippen LogP) is 2.10. The Bertz CT molecular complexity index is 952. The lowest BCUT2D eigenvalue weighted by molar-refractivity contribution is 0.0605. The highest BCUT2D eigenvalue weighted by Crippen LogP contribution is 2.27. The van der Waals surface area contributed by atoms with Crippen LogP contribution in [0.1, 0.15) is 31.6 Å². The molecule has 0 saturated carbocycles. The minimum absolute atomic E-state index is 0.0940. The van der Waals surface area contributed by atoms with Crippen LogP contribution in [0.3, 0.4) is 0 Å². The van der Waals surface area contributed by atoms with E-state index in [0.717, 1.165) is 11.3 Å². The lowest BCUT2D eigenvalue weighted by Gasteiger charge is -1.99. The first-order chi connectivity index (χ1) is 11.0. The van der Waals surface area contributed by atoms with Crippen molar-refractivity contribution >= 4 is 33.3 Å². The fourth-order valence-electron chi connectivity index (χ4n) is 2.24. The number of nitrogens with zero attached hydrogens (tertiary/aromatic N) is 1. The number of ketones is 1. The third kappa shape index (κ3) is 2.68. The molecule has 0 saturated heterocycles. The number of aryl methyl sites for hydroxylation is 1. The van der Waals surface area contributed by atoms with E-state index in [2.05, 4.69) is 9.97 Å². The molecule has 8 heteroatoms. The molecular weight excluding hydrogens is 320 g/mol. The summed E-state index contributed by atoms with van der Waals surface area (Å²) >= 11 is 1.07. The molecule has 0 unspecified atom stereocenters. The summed E-state index contributed by atoms with van der Waals surface area (Å²) in [6.45, 7) is 1.66. The number of hydrogen-bond acceptors (Lipinski definition) is 7. The summed E-state index contributed by atoms with van der Waals surface area (Å²) in [5, 5.41) is 0.338. The minimum Gasteiger partial charge on any atom is -0.465 e. The van der Waals surface area contributed by atoms with Gasteiger partial charge in [0.1, 0.15) is 15.5 Å². The molecule has 0 aliphatic heterocycles. The van der Waals surface area contributed by atoms with E-state index in [1.54, 1.807) is 19.1 Å². The summed E-state index contributed by atoms with van der Waals surface area (Å²) in [5.41, 5.74) is 0.135. The molecule has 0 aliphatic carbocycles. The molecule has 3 heterocycles. The van der Waals surface area contributed by atoms with Crippen LogP contribution in [0.5, 0.6) is 0 Å². The van der Waals surface area contributed by atoms with Crippen LogP contribution in [0.15, 0.2) is 27.6 Å². The monoisotopic (exact) mass is 332 g/mol. The van der Waals surface area contributed by atoms with Crippen molar-refractivity contribution in [3.8, 4) is 0 Å². The molecule has 0 fully saturated rings. The average molecular weight is 332 g/mol. The molecule has 0 aliphatic rings. The molecule has 7 nitrogen and oxygen atoms in total. The Hall–Kier alpha value is -2.74. The molecule has 0 amide bonds. The number of hydrogen-bond donors (Lipinski definition) is 1. The lowest BCUT2D eigenvalue weighted by Crippen LogP contribution is -2.14. The van der Waals surface area contributed by atoms with Crippen molar-refractivity contribution in [1.29, 1.82) is 0 Å². The van der Waals surface area contributed by atoms with Gasteiger partial charge in [-0.25, -0.2) is 9.78 Å². The fourth-order valence-corrected chi connectivity index (χ4v) is 3.35. The second kappa shape index (κ2) is 5.81. The van der Waals surface area contributed by atoms with Gasteiger partial charge in [0.15, 0.2) is 5.76 Å². The summed E-state index contributed by atoms with van der Waals surface area (Å²) in [7, 11) is 1.28. The molecule has 23 heavy (non-hydrogen) atoms. The Morgan fingerprint density at radius 3 is 2.87 bits per heavy atom. The topological polar surface area (TPSA) is 102 Å². The number of carbonyl (C=O) groups is 2. The first kappa shape index (κ1) is 15.2. The van der Waals surface area contributed by atoms with Crippen molar-refractivity contribution in [2.75, 3.05) is 7.11 Å². The second-order valence-electron chi connectivity index (χ2n) is 4.82. The zero-order valence-corrected chi connectivity index (χ0v) is 13.2. The molecule has 1 N–H and O–H groups in total. The summed E-state index contributed by atoms with van der Waals surface area (Å²) in [5.74, 6) is -0.385. The van der Waals surface area contributed by atoms with Gasteiger partial charge < -0.3 is 14.1 Å². The number of carbonyl (C=O) groups excluding carboxylic acids is 2. The van der Waals surface area contributed by atoms with Gasteiger partial charge in [0.25, 0.3) is 5.56 Å². The number of methoxy groups -OCH3 is 1. The second-order valence-corrected chi connectivity index (χ2v) is 5.82. The lowest BCUT2D eigenvalue weighted by atomic mass is 10.2. The maximum Gasteiger partial charge on any atom is 0.348 e. The SMILES string of the molecule is COC(=O)c1sc2nc(CC(=O)c3ccco3)[nH]c(=O)c2c1C. The molecule has 0 bridgehead atoms. The average Bonchev–Trinajstić information content (AvgIpc) is 3.15. The van der Waals surface area contributed by atoms with Crippen LogP contribution in [0, 0.1) is 6.92 Å². The van der Waals surface area contributed by atoms with E-state index < -0.39 is 5.97 Å². The fraction of sp³-hybridized carbons (Fsp3) is 0.200. The van der Waals surface area contributed by atoms with Gasteiger partial charge in [-0.2, -0.15) is 0 Å². The van der Waals surface area contributed by atoms with Crippen molar-refractivity contribution < 1.29 is 18.7 Å². The van der Waals surface area contributed by atoms with Gasteiger partial charge in [-0.3, -0.25) is 9.59 Å². The van der Waals surface area contributed by atoms with Gasteiger partial charge in [-0.15, -0.1) is 11.3 Å². The van der Waals surface area contributed by atoms with Gasteiger partial charge in [0.2, 0.25) is 5.78 Å². The number of rotatable bonds is 4. The summed E-state index contributed by atoms with van der Waals surface area (Å²) in [6, 6.07) is 3.15. The Morgan fingerprint density at radius 1 is 1.43 bits per heavy atom. The normalized spacial score (nSPS) is 10.9. The van der Waals surface area contributed by atoms with Crippen LogP contribution in [0.25, 0.3) is 10.2 Å². The maximum atomic E-state index is 12.2. The smallest absolute Gasteiger partial charge is 0.348 e. The number of furan rings is 1. The van der Waals surface area contributed by atoms with Crippen LogP contribution < -0.4 is 5.56 Å². The Morgan fingerprint density at radius 2 is 2.22 bits per heavy atom. The predicted molar refractivity (Wildman–Crippen MR) is 83.1 cm³/mol. The van der Waals surface area contributed by atoms with Crippen LogP contribution >= 0.6 is 11.3 Å². The van der Waals surface area contributed by atoms with E-state index in [0.29, 0.717) is 20.7 Å². The van der Waals surface area contributed by atoms with Crippen LogP contribution in [0.4, 0.5) is 0 Å². The van der Waals surface area contributed by atoms with E-state index >= 15 is 0 Å². The minimum atomic E-state index is -0.516. The van der Waals surface area contributed by atoms with Gasteiger partial charge in [0.05, 0.1) is 25.2 Å². The number of thiophene rings is 1. The number of ether oxygens (including phenoxy) is 1. The van der Waals surface area contributed by atoms with Gasteiger partial charge >= 0.3 is 5.97 Å². The molecule has 3 aromatic rings. The molecule has 0 atom stereocenters. The summed E-state index contributed by atoms with van der Waals surface area (Å²) in [4.78, 5) is 43.6. The maximum absolute atomic E-state index is 12.2. The largest absolute Gasteiger partial charge is 0.465 e. The molecular formula is C15H12N2O5S. The van der Waals surface area contributed by atoms with E-state index in [-0.39, 0.29) is 29.3 Å². The van der Waals surface area contributed by atoms with Crippen molar-refractivity contribution in [1.82, 2.24) is 9.97 Å². The standard InChI is InChI=1S/C15H12N2O5S/c1-7-11-13(19)16-10(6-8(18)9-4-3-5-22-9)17-14(11)23-12(7)15(20)21-2/h3-5H,6H2,1-2H3,(H,16,17,19). The zero-order valence-electron chi connectivity index (χ0n) is 12.3. The molecule has 0 spiro atoms. The Labute approximate surface area is 133 Å². The third-order valence-corrected chi connectivity index (χ3v) is 4.51.